The van der Waals surface area contributed by atoms with Gasteiger partial charge in [-0.3, -0.25) is 0 Å². The van der Waals surface area contributed by atoms with Gasteiger partial charge in [-0.15, -0.1) is 0 Å². The summed E-state index contributed by atoms with van der Waals surface area (Å²) < 4.78 is 76.8. The van der Waals surface area contributed by atoms with E-state index < -0.39 is 30.2 Å². The van der Waals surface area contributed by atoms with E-state index in [-0.39, 0.29) is 25.2 Å². The maximum absolute atomic E-state index is 14.8. The molecule has 0 radical (unpaired) electrons. The van der Waals surface area contributed by atoms with Crippen LogP contribution in [0.2, 0.25) is 0 Å². The fourth-order valence-electron chi connectivity index (χ4n) is 4.56. The predicted octanol–water partition coefficient (Wildman–Crippen LogP) is 8.60. The first kappa shape index (κ1) is 32.1. The molecule has 0 aliphatic heterocycles. The number of halogens is 5. The minimum atomic E-state index is -4.24. The van der Waals surface area contributed by atoms with Gasteiger partial charge in [-0.05, 0) is 108 Å². The summed E-state index contributed by atoms with van der Waals surface area (Å²) in [6.45, 7) is 1.89. The standard InChI is InChI=1S/C34H31F5N2O3/c1-22-19-27(40)11-15-30(22)31-16-12-28(41)20-25(31)21-43-32(42)17-8-24-4-9-26(10-5-24)34(38,39)44-29-13-6-23(7-14-29)3-2-18-33(35,36)37/h4-17,19-20H,2-3,18,21,40-41H2,1H3/b17-8+. The van der Waals surface area contributed by atoms with Gasteiger partial charge in [0, 0.05) is 23.9 Å². The van der Waals surface area contributed by atoms with Gasteiger partial charge in [0.2, 0.25) is 0 Å². The van der Waals surface area contributed by atoms with E-state index in [2.05, 4.69) is 0 Å². The maximum atomic E-state index is 14.8. The van der Waals surface area contributed by atoms with Crippen LogP contribution in [0.3, 0.4) is 0 Å². The number of rotatable bonds is 11. The minimum absolute atomic E-state index is 0.0373. The highest BCUT2D eigenvalue weighted by Crippen LogP contribution is 2.33. The number of hydrogen-bond donors (Lipinski definition) is 2. The third-order valence-electron chi connectivity index (χ3n) is 6.79. The molecule has 0 aliphatic rings. The van der Waals surface area contributed by atoms with Crippen molar-refractivity contribution in [2.24, 2.45) is 0 Å². The molecule has 0 spiro atoms. The van der Waals surface area contributed by atoms with Crippen LogP contribution >= 0.6 is 0 Å². The summed E-state index contributed by atoms with van der Waals surface area (Å²) in [4.78, 5) is 12.4. The van der Waals surface area contributed by atoms with Crippen LogP contribution in [0, 0.1) is 6.92 Å². The number of alkyl halides is 5. The molecule has 10 heteroatoms. The number of nitrogens with two attached hydrogens (primary N) is 2. The molecule has 0 atom stereocenters. The van der Waals surface area contributed by atoms with Crippen molar-refractivity contribution in [3.63, 3.8) is 0 Å². The van der Waals surface area contributed by atoms with Crippen LogP contribution in [-0.2, 0) is 28.7 Å². The molecule has 4 N–H and O–H groups in total. The number of nitrogen functional groups attached to an aromatic ring is 2. The molecular weight excluding hydrogens is 579 g/mol. The number of aryl methyl sites for hydroxylation is 2. The van der Waals surface area contributed by atoms with Gasteiger partial charge in [-0.25, -0.2) is 4.79 Å². The molecule has 0 saturated carbocycles. The number of carbonyl (C=O) groups is 1. The Bertz CT molecular complexity index is 1620. The van der Waals surface area contributed by atoms with Gasteiger partial charge < -0.3 is 20.9 Å². The number of carbonyl (C=O) groups excluding carboxylic acids is 1. The molecule has 0 aliphatic carbocycles. The van der Waals surface area contributed by atoms with Crippen molar-refractivity contribution in [1.82, 2.24) is 0 Å². The molecule has 5 nitrogen and oxygen atoms in total. The van der Waals surface area contributed by atoms with Crippen molar-refractivity contribution < 1.29 is 36.2 Å². The molecule has 4 aromatic rings. The fraction of sp³-hybridized carbons (Fsp3) is 0.206. The summed E-state index contributed by atoms with van der Waals surface area (Å²) in [6.07, 6.45) is -6.11. The van der Waals surface area contributed by atoms with Crippen LogP contribution in [0.4, 0.5) is 33.3 Å². The zero-order valence-corrected chi connectivity index (χ0v) is 23.8. The Morgan fingerprint density at radius 3 is 2.09 bits per heavy atom. The molecule has 44 heavy (non-hydrogen) atoms. The topological polar surface area (TPSA) is 87.6 Å². The second kappa shape index (κ2) is 13.6. The lowest BCUT2D eigenvalue weighted by atomic mass is 9.95. The Morgan fingerprint density at radius 2 is 1.45 bits per heavy atom. The fourth-order valence-corrected chi connectivity index (χ4v) is 4.56. The first-order valence-electron chi connectivity index (χ1n) is 13.7. The summed E-state index contributed by atoms with van der Waals surface area (Å²) in [5.74, 6) is -0.761. The quantitative estimate of drug-likeness (QED) is 0.0769. The van der Waals surface area contributed by atoms with Crippen molar-refractivity contribution in [3.05, 3.63) is 119 Å². The summed E-state index contributed by atoms with van der Waals surface area (Å²) >= 11 is 0. The first-order chi connectivity index (χ1) is 20.8. The molecule has 230 valence electrons. The van der Waals surface area contributed by atoms with Gasteiger partial charge in [0.15, 0.2) is 0 Å². The van der Waals surface area contributed by atoms with Gasteiger partial charge in [0.05, 0.1) is 5.56 Å². The Labute approximate surface area is 251 Å². The van der Waals surface area contributed by atoms with Gasteiger partial charge in [-0.1, -0.05) is 36.4 Å². The molecular formula is C34H31F5N2O3. The second-order valence-corrected chi connectivity index (χ2v) is 10.3. The van der Waals surface area contributed by atoms with Crippen LogP contribution in [0.5, 0.6) is 5.75 Å². The number of esters is 1. The second-order valence-electron chi connectivity index (χ2n) is 10.3. The monoisotopic (exact) mass is 610 g/mol. The van der Waals surface area contributed by atoms with Crippen molar-refractivity contribution in [2.75, 3.05) is 11.5 Å². The normalized spacial score (nSPS) is 12.0. The third kappa shape index (κ3) is 9.07. The molecule has 0 unspecified atom stereocenters. The van der Waals surface area contributed by atoms with E-state index >= 15 is 0 Å². The number of hydrogen-bond acceptors (Lipinski definition) is 5. The number of anilines is 2. The van der Waals surface area contributed by atoms with Crippen molar-refractivity contribution in [2.45, 2.75) is 45.1 Å². The van der Waals surface area contributed by atoms with Gasteiger partial charge in [0.25, 0.3) is 0 Å². The molecule has 4 aromatic carbocycles. The Morgan fingerprint density at radius 1 is 0.818 bits per heavy atom. The van der Waals surface area contributed by atoms with E-state index in [0.717, 1.165) is 16.7 Å². The highest BCUT2D eigenvalue weighted by atomic mass is 19.4. The summed E-state index contributed by atoms with van der Waals surface area (Å²) in [6, 6.07) is 21.5. The van der Waals surface area contributed by atoms with Crippen LogP contribution in [0.25, 0.3) is 17.2 Å². The smallest absolute Gasteiger partial charge is 0.426 e. The molecule has 0 aromatic heterocycles. The van der Waals surface area contributed by atoms with Crippen LogP contribution < -0.4 is 16.2 Å². The summed E-state index contributed by atoms with van der Waals surface area (Å²) in [5.41, 5.74) is 17.1. The van der Waals surface area contributed by atoms with Crippen LogP contribution in [-0.4, -0.2) is 12.1 Å². The van der Waals surface area contributed by atoms with Crippen molar-refractivity contribution >= 4 is 23.4 Å². The van der Waals surface area contributed by atoms with Gasteiger partial charge in [0.1, 0.15) is 12.4 Å². The lowest BCUT2D eigenvalue weighted by molar-refractivity contribution is -0.185. The highest BCUT2D eigenvalue weighted by Gasteiger charge is 2.34. The van der Waals surface area contributed by atoms with E-state index in [9.17, 15) is 26.7 Å². The molecule has 0 fully saturated rings. The van der Waals surface area contributed by atoms with Gasteiger partial charge in [-0.2, -0.15) is 22.0 Å². The molecule has 0 heterocycles. The Hall–Kier alpha value is -4.86. The van der Waals surface area contributed by atoms with Crippen molar-refractivity contribution in [3.8, 4) is 16.9 Å². The molecule has 0 amide bonds. The zero-order chi connectivity index (χ0) is 31.9. The maximum Gasteiger partial charge on any atom is 0.426 e. The van der Waals surface area contributed by atoms with E-state index in [0.29, 0.717) is 28.1 Å². The summed E-state index contributed by atoms with van der Waals surface area (Å²) in [5, 5.41) is 0. The largest absolute Gasteiger partial charge is 0.458 e. The Kier molecular flexibility index (Phi) is 9.93. The number of ether oxygens (including phenoxy) is 2. The lowest BCUT2D eigenvalue weighted by Crippen LogP contribution is -2.21. The van der Waals surface area contributed by atoms with Gasteiger partial charge >= 0.3 is 18.3 Å². The van der Waals surface area contributed by atoms with E-state index in [4.69, 9.17) is 20.9 Å². The first-order valence-corrected chi connectivity index (χ1v) is 13.7. The molecule has 4 rings (SSSR count). The average molecular weight is 611 g/mol. The van der Waals surface area contributed by atoms with Crippen LogP contribution in [0.15, 0.2) is 91.0 Å². The lowest BCUT2D eigenvalue weighted by Gasteiger charge is -2.18. The SMILES string of the molecule is Cc1cc(N)ccc1-c1ccc(N)cc1COC(=O)/C=C/c1ccc(C(F)(F)Oc2ccc(CCCC(F)(F)F)cc2)cc1. The van der Waals surface area contributed by atoms with E-state index in [1.54, 1.807) is 18.2 Å². The van der Waals surface area contributed by atoms with Crippen molar-refractivity contribution in [1.29, 1.82) is 0 Å². The zero-order valence-electron chi connectivity index (χ0n) is 23.8. The van der Waals surface area contributed by atoms with Crippen LogP contribution in [0.1, 0.15) is 40.7 Å². The highest BCUT2D eigenvalue weighted by molar-refractivity contribution is 5.87. The minimum Gasteiger partial charge on any atom is -0.458 e. The Balaban J connectivity index is 1.33. The molecule has 0 bridgehead atoms. The summed E-state index contributed by atoms with van der Waals surface area (Å²) in [7, 11) is 0. The predicted molar refractivity (Wildman–Crippen MR) is 161 cm³/mol. The van der Waals surface area contributed by atoms with E-state index in [1.807, 2.05) is 25.1 Å². The average Bonchev–Trinajstić information content (AvgIpc) is 2.96. The molecule has 0 saturated heterocycles. The van der Waals surface area contributed by atoms with E-state index in [1.165, 1.54) is 60.7 Å². The third-order valence-corrected chi connectivity index (χ3v) is 6.79. The number of benzene rings is 4.